The lowest BCUT2D eigenvalue weighted by Gasteiger charge is -2.30. The number of carbonyl (C=O) groups excluding carboxylic acids is 1. The number of nitro groups is 1. The van der Waals surface area contributed by atoms with Crippen LogP contribution in [0, 0.1) is 22.0 Å². The molecular formula is C24H27N3O4S. The van der Waals surface area contributed by atoms with Gasteiger partial charge in [0.25, 0.3) is 5.69 Å². The van der Waals surface area contributed by atoms with Gasteiger partial charge in [-0.1, -0.05) is 41.6 Å². The van der Waals surface area contributed by atoms with E-state index >= 15 is 0 Å². The van der Waals surface area contributed by atoms with Crippen LogP contribution >= 0.6 is 11.8 Å². The smallest absolute Gasteiger partial charge is 0.298 e. The fourth-order valence-corrected chi connectivity index (χ4v) is 5.21. The van der Waals surface area contributed by atoms with Gasteiger partial charge < -0.3 is 0 Å². The van der Waals surface area contributed by atoms with Gasteiger partial charge in [-0.05, 0) is 50.2 Å². The van der Waals surface area contributed by atoms with Crippen molar-refractivity contribution in [1.29, 1.82) is 0 Å². The van der Waals surface area contributed by atoms with Crippen LogP contribution in [-0.4, -0.2) is 21.5 Å². The molecule has 2 saturated carbocycles. The molecule has 168 valence electrons. The van der Waals surface area contributed by atoms with Crippen LogP contribution < -0.4 is 5.32 Å². The third-order valence-corrected chi connectivity index (χ3v) is 7.60. The molecule has 1 amide bonds. The van der Waals surface area contributed by atoms with Crippen LogP contribution in [0.5, 0.6) is 0 Å². The molecule has 32 heavy (non-hydrogen) atoms. The minimum atomic E-state index is -0.742. The van der Waals surface area contributed by atoms with Gasteiger partial charge in [-0.2, -0.15) is 0 Å². The SMILES string of the molecule is CC(C/C(=N/OC(=O)Nc1cccc([N+](=O)[O-])c1)C1CC1)(SCc1ccccc1)C1CC1. The predicted octanol–water partition coefficient (Wildman–Crippen LogP) is 6.40. The summed E-state index contributed by atoms with van der Waals surface area (Å²) in [4.78, 5) is 27.8. The minimum Gasteiger partial charge on any atom is -0.298 e. The van der Waals surface area contributed by atoms with Crippen molar-refractivity contribution in [2.24, 2.45) is 17.0 Å². The van der Waals surface area contributed by atoms with Crippen LogP contribution in [0.4, 0.5) is 16.2 Å². The molecule has 1 atom stereocenters. The van der Waals surface area contributed by atoms with E-state index in [9.17, 15) is 14.9 Å². The summed E-state index contributed by atoms with van der Waals surface area (Å²) in [6.45, 7) is 2.30. The highest BCUT2D eigenvalue weighted by Gasteiger charge is 2.44. The molecule has 0 aromatic heterocycles. The van der Waals surface area contributed by atoms with Gasteiger partial charge in [-0.3, -0.25) is 20.3 Å². The number of amides is 1. The standard InChI is InChI=1S/C24H27N3O4S/c1-24(19-12-13-19,32-16-17-6-3-2-4-7-17)15-22(18-10-11-18)26-31-23(28)25-20-8-5-9-21(14-20)27(29)30/h2-9,14,18-19H,10-13,15-16H2,1H3,(H,25,28)/b26-22-. The highest BCUT2D eigenvalue weighted by molar-refractivity contribution is 7.99. The Kier molecular flexibility index (Phi) is 6.79. The molecule has 8 heteroatoms. The molecule has 1 N–H and O–H groups in total. The summed E-state index contributed by atoms with van der Waals surface area (Å²) in [5, 5.41) is 17.7. The molecule has 7 nitrogen and oxygen atoms in total. The highest BCUT2D eigenvalue weighted by atomic mass is 32.2. The summed E-state index contributed by atoms with van der Waals surface area (Å²) >= 11 is 1.96. The molecule has 0 radical (unpaired) electrons. The Labute approximate surface area is 191 Å². The third-order valence-electron chi connectivity index (χ3n) is 5.98. The first-order valence-corrected chi connectivity index (χ1v) is 11.9. The second kappa shape index (κ2) is 9.73. The molecule has 2 aliphatic carbocycles. The average Bonchev–Trinajstić information content (AvgIpc) is 3.69. The zero-order chi connectivity index (χ0) is 22.6. The molecule has 0 spiro atoms. The number of anilines is 1. The predicted molar refractivity (Wildman–Crippen MR) is 127 cm³/mol. The van der Waals surface area contributed by atoms with E-state index in [2.05, 4.69) is 41.7 Å². The lowest BCUT2D eigenvalue weighted by Crippen LogP contribution is -2.28. The summed E-state index contributed by atoms with van der Waals surface area (Å²) in [6.07, 6.45) is 4.64. The summed E-state index contributed by atoms with van der Waals surface area (Å²) in [7, 11) is 0. The second-order valence-electron chi connectivity index (χ2n) is 8.71. The number of benzene rings is 2. The van der Waals surface area contributed by atoms with E-state index < -0.39 is 11.0 Å². The molecule has 1 unspecified atom stereocenters. The first kappa shape index (κ1) is 22.3. The lowest BCUT2D eigenvalue weighted by molar-refractivity contribution is -0.384. The first-order chi connectivity index (χ1) is 15.4. The fraction of sp³-hybridized carbons (Fsp3) is 0.417. The second-order valence-corrected chi connectivity index (χ2v) is 10.2. The van der Waals surface area contributed by atoms with Gasteiger partial charge in [0.2, 0.25) is 0 Å². The number of hydrogen-bond acceptors (Lipinski definition) is 6. The zero-order valence-electron chi connectivity index (χ0n) is 18.0. The van der Waals surface area contributed by atoms with E-state index in [0.29, 0.717) is 17.5 Å². The lowest BCUT2D eigenvalue weighted by atomic mass is 9.96. The number of non-ortho nitro benzene ring substituents is 1. The molecule has 2 aromatic rings. The maximum atomic E-state index is 12.2. The summed E-state index contributed by atoms with van der Waals surface area (Å²) in [5.74, 6) is 1.97. The normalized spacial score (nSPS) is 18.0. The van der Waals surface area contributed by atoms with Crippen LogP contribution in [0.2, 0.25) is 0 Å². The monoisotopic (exact) mass is 453 g/mol. The highest BCUT2D eigenvalue weighted by Crippen LogP contribution is 2.52. The van der Waals surface area contributed by atoms with Crippen molar-refractivity contribution >= 4 is 34.9 Å². The first-order valence-electron chi connectivity index (χ1n) is 10.9. The molecule has 2 aliphatic rings. The summed E-state index contributed by atoms with van der Waals surface area (Å²) in [6, 6.07) is 16.2. The maximum absolute atomic E-state index is 12.2. The van der Waals surface area contributed by atoms with Gasteiger partial charge in [0, 0.05) is 35.0 Å². The van der Waals surface area contributed by atoms with E-state index in [0.717, 1.165) is 30.7 Å². The molecule has 2 aromatic carbocycles. The Morgan fingerprint density at radius 2 is 1.94 bits per heavy atom. The molecule has 0 aliphatic heterocycles. The van der Waals surface area contributed by atoms with E-state index in [-0.39, 0.29) is 10.4 Å². The molecule has 0 saturated heterocycles. The van der Waals surface area contributed by atoms with Gasteiger partial charge in [0.15, 0.2) is 0 Å². The van der Waals surface area contributed by atoms with Crippen molar-refractivity contribution in [3.8, 4) is 0 Å². The number of nitrogens with one attached hydrogen (secondary N) is 1. The Morgan fingerprint density at radius 3 is 2.59 bits per heavy atom. The number of thioether (sulfide) groups is 1. The number of nitro benzene ring substituents is 1. The van der Waals surface area contributed by atoms with Gasteiger partial charge in [0.1, 0.15) is 0 Å². The number of nitrogens with zero attached hydrogens (tertiary/aromatic N) is 2. The van der Waals surface area contributed by atoms with E-state index in [1.165, 1.54) is 36.6 Å². The van der Waals surface area contributed by atoms with Crippen LogP contribution in [0.15, 0.2) is 59.8 Å². The Morgan fingerprint density at radius 1 is 1.19 bits per heavy atom. The zero-order valence-corrected chi connectivity index (χ0v) is 18.8. The van der Waals surface area contributed by atoms with Crippen LogP contribution in [0.1, 0.15) is 44.6 Å². The number of hydrogen-bond donors (Lipinski definition) is 1. The molecule has 4 rings (SSSR count). The van der Waals surface area contributed by atoms with Crippen LogP contribution in [0.3, 0.4) is 0 Å². The minimum absolute atomic E-state index is 0.0527. The third kappa shape index (κ3) is 6.09. The number of oxime groups is 1. The maximum Gasteiger partial charge on any atom is 0.437 e. The van der Waals surface area contributed by atoms with Crippen LogP contribution in [-0.2, 0) is 10.6 Å². The summed E-state index contributed by atoms with van der Waals surface area (Å²) < 4.78 is 0.0527. The van der Waals surface area contributed by atoms with Crippen molar-refractivity contribution in [2.75, 3.05) is 5.32 Å². The summed E-state index contributed by atoms with van der Waals surface area (Å²) in [5.41, 5.74) is 2.45. The topological polar surface area (TPSA) is 93.8 Å². The van der Waals surface area contributed by atoms with Crippen molar-refractivity contribution in [3.63, 3.8) is 0 Å². The molecule has 0 heterocycles. The van der Waals surface area contributed by atoms with E-state index in [1.54, 1.807) is 6.07 Å². The Hall–Kier alpha value is -2.87. The van der Waals surface area contributed by atoms with Gasteiger partial charge in [-0.15, -0.1) is 11.8 Å². The number of carbonyl (C=O) groups is 1. The van der Waals surface area contributed by atoms with E-state index in [1.807, 2.05) is 17.8 Å². The molecular weight excluding hydrogens is 426 g/mol. The quantitative estimate of drug-likeness (QED) is 0.194. The molecule has 2 fully saturated rings. The Bertz CT molecular complexity index is 1010. The van der Waals surface area contributed by atoms with Crippen molar-refractivity contribution < 1.29 is 14.6 Å². The van der Waals surface area contributed by atoms with Crippen molar-refractivity contribution in [1.82, 2.24) is 0 Å². The largest absolute Gasteiger partial charge is 0.437 e. The van der Waals surface area contributed by atoms with Gasteiger partial charge in [0.05, 0.1) is 16.3 Å². The van der Waals surface area contributed by atoms with Gasteiger partial charge in [-0.25, -0.2) is 4.79 Å². The Balaban J connectivity index is 1.39. The van der Waals surface area contributed by atoms with E-state index in [4.69, 9.17) is 4.84 Å². The van der Waals surface area contributed by atoms with Crippen molar-refractivity contribution in [2.45, 2.75) is 49.5 Å². The molecule has 0 bridgehead atoms. The van der Waals surface area contributed by atoms with Crippen molar-refractivity contribution in [3.05, 3.63) is 70.3 Å². The fourth-order valence-electron chi connectivity index (χ4n) is 3.79. The average molecular weight is 454 g/mol. The number of rotatable bonds is 10. The van der Waals surface area contributed by atoms with Gasteiger partial charge >= 0.3 is 6.09 Å². The van der Waals surface area contributed by atoms with Crippen LogP contribution in [0.25, 0.3) is 0 Å².